The van der Waals surface area contributed by atoms with Crippen molar-refractivity contribution in [3.8, 4) is 0 Å². The van der Waals surface area contributed by atoms with E-state index in [0.717, 1.165) is 0 Å². The average molecular weight is 431 g/mol. The predicted molar refractivity (Wildman–Crippen MR) is 117 cm³/mol. The molecule has 3 saturated heterocycles. The van der Waals surface area contributed by atoms with Crippen molar-refractivity contribution >= 4 is 16.6 Å². The highest BCUT2D eigenvalue weighted by Gasteiger charge is 2.72. The molecule has 28 heavy (non-hydrogen) atoms. The average Bonchev–Trinajstić information content (AvgIpc) is 3.39. The van der Waals surface area contributed by atoms with E-state index in [1.807, 2.05) is 9.80 Å². The van der Waals surface area contributed by atoms with Crippen LogP contribution < -0.4 is 0 Å². The number of piperazine rings is 1. The monoisotopic (exact) mass is 430 g/mol. The van der Waals surface area contributed by atoms with Gasteiger partial charge in [0.05, 0.1) is 37.4 Å². The Morgan fingerprint density at radius 1 is 0.679 bits per heavy atom. The summed E-state index contributed by atoms with van der Waals surface area (Å²) in [5.41, 5.74) is 0. The molecule has 0 saturated carbocycles. The molecule has 3 aliphatic rings. The Kier molecular flexibility index (Phi) is 5.59. The second kappa shape index (κ2) is 6.85. The number of nitrogens with zero attached hydrogens (tertiary/aromatic N) is 2. The Labute approximate surface area is 173 Å². The zero-order valence-corrected chi connectivity index (χ0v) is 21.5. The zero-order chi connectivity index (χ0) is 21.4. The van der Waals surface area contributed by atoms with E-state index in [-0.39, 0.29) is 34.2 Å². The number of hydrogen-bond donors (Lipinski definition) is 2. The molecular weight excluding hydrogens is 388 g/mol. The quantitative estimate of drug-likeness (QED) is 0.499. The van der Waals surface area contributed by atoms with E-state index >= 15 is 0 Å². The maximum absolute atomic E-state index is 10.9. The second-order valence-corrected chi connectivity index (χ2v) is 21.6. The first-order valence-electron chi connectivity index (χ1n) is 10.7. The van der Waals surface area contributed by atoms with Gasteiger partial charge in [0, 0.05) is 0 Å². The molecule has 0 aliphatic carbocycles. The molecule has 8 heteroatoms. The first-order valence-corrected chi connectivity index (χ1v) is 16.5. The van der Waals surface area contributed by atoms with Crippen LogP contribution in [0.4, 0.5) is 0 Å². The minimum atomic E-state index is -1.83. The lowest BCUT2D eigenvalue weighted by atomic mass is 10.2. The van der Waals surface area contributed by atoms with E-state index in [0.29, 0.717) is 13.2 Å². The fraction of sp³-hybridized carbons (Fsp3) is 1.00. The molecule has 0 amide bonds. The molecule has 8 atom stereocenters. The van der Waals surface area contributed by atoms with Crippen LogP contribution in [-0.2, 0) is 8.85 Å². The van der Waals surface area contributed by atoms with Crippen LogP contribution in [0, 0.1) is 0 Å². The number of fused-ring (bicyclic) bond motifs is 2. The predicted octanol–water partition coefficient (Wildman–Crippen LogP) is 2.79. The molecule has 0 bridgehead atoms. The maximum atomic E-state index is 10.9. The van der Waals surface area contributed by atoms with E-state index in [4.69, 9.17) is 8.85 Å². The molecule has 6 nitrogen and oxygen atoms in total. The minimum Gasteiger partial charge on any atom is -0.415 e. The Morgan fingerprint density at radius 3 is 1.21 bits per heavy atom. The highest BCUT2D eigenvalue weighted by atomic mass is 28.4. The second-order valence-electron chi connectivity index (χ2n) is 12.0. The van der Waals surface area contributed by atoms with Crippen LogP contribution in [0.5, 0.6) is 0 Å². The molecule has 3 aliphatic heterocycles. The summed E-state index contributed by atoms with van der Waals surface area (Å²) in [6, 6.07) is 0.200. The number of aliphatic hydroxyl groups is 2. The Hall–Kier alpha value is 0.194. The van der Waals surface area contributed by atoms with Gasteiger partial charge in [0.2, 0.25) is 0 Å². The van der Waals surface area contributed by atoms with Gasteiger partial charge in [-0.2, -0.15) is 0 Å². The third kappa shape index (κ3) is 3.79. The van der Waals surface area contributed by atoms with Crippen LogP contribution >= 0.6 is 0 Å². The van der Waals surface area contributed by atoms with E-state index in [9.17, 15) is 10.2 Å². The summed E-state index contributed by atoms with van der Waals surface area (Å²) in [5, 5.41) is 22.0. The van der Waals surface area contributed by atoms with E-state index in [1.54, 1.807) is 0 Å². The first-order chi connectivity index (χ1) is 12.5. The molecule has 164 valence electrons. The fourth-order valence-corrected chi connectivity index (χ4v) is 5.87. The van der Waals surface area contributed by atoms with Crippen molar-refractivity contribution in [3.05, 3.63) is 0 Å². The third-order valence-electron chi connectivity index (χ3n) is 8.13. The molecule has 3 heterocycles. The summed E-state index contributed by atoms with van der Waals surface area (Å²) in [5.74, 6) is 0. The summed E-state index contributed by atoms with van der Waals surface area (Å²) in [7, 11) is -3.65. The SMILES string of the molecule is CC(C)(C)[Si](C)(C)OCC1C2C(O)N3C(CO[Si](C)(C)C(C)(C)C)C3C(O)N12. The molecule has 3 rings (SSSR count). The van der Waals surface area contributed by atoms with Gasteiger partial charge in [0.25, 0.3) is 0 Å². The fourth-order valence-electron chi connectivity index (χ4n) is 3.83. The van der Waals surface area contributed by atoms with Crippen molar-refractivity contribution in [2.45, 2.75) is 114 Å². The maximum Gasteiger partial charge on any atom is 0.192 e. The third-order valence-corrected chi connectivity index (χ3v) is 17.1. The van der Waals surface area contributed by atoms with Crippen molar-refractivity contribution < 1.29 is 19.1 Å². The van der Waals surface area contributed by atoms with Gasteiger partial charge in [-0.15, -0.1) is 0 Å². The molecule has 8 unspecified atom stereocenters. The standard InChI is InChI=1S/C20H42N2O4Si2/c1-19(2,3)27(7,8)25-11-13-15-17(23)22-14(16(22)18(24)21(13)15)12-26-28(9,10)20(4,5)6/h13-18,23-24H,11-12H2,1-10H3. The summed E-state index contributed by atoms with van der Waals surface area (Å²) in [4.78, 5) is 4.09. The lowest BCUT2D eigenvalue weighted by Crippen LogP contribution is -2.42. The van der Waals surface area contributed by atoms with Crippen molar-refractivity contribution in [2.24, 2.45) is 0 Å². The highest BCUT2D eigenvalue weighted by Crippen LogP contribution is 2.51. The Balaban J connectivity index is 1.55. The number of hydrogen-bond acceptors (Lipinski definition) is 6. The van der Waals surface area contributed by atoms with Crippen LogP contribution in [-0.4, -0.2) is 86.5 Å². The highest BCUT2D eigenvalue weighted by molar-refractivity contribution is 6.74. The van der Waals surface area contributed by atoms with Crippen LogP contribution in [0.1, 0.15) is 41.5 Å². The van der Waals surface area contributed by atoms with Gasteiger partial charge in [-0.1, -0.05) is 41.5 Å². The molecule has 3 fully saturated rings. The minimum absolute atomic E-state index is 0.0195. The summed E-state index contributed by atoms with van der Waals surface area (Å²) in [6.45, 7) is 23.6. The molecule has 0 aromatic carbocycles. The van der Waals surface area contributed by atoms with Crippen molar-refractivity contribution in [3.63, 3.8) is 0 Å². The molecule has 0 aromatic rings. The van der Waals surface area contributed by atoms with E-state index in [2.05, 4.69) is 67.7 Å². The Morgan fingerprint density at radius 2 is 0.964 bits per heavy atom. The molecular formula is C20H42N2O4Si2. The van der Waals surface area contributed by atoms with Crippen molar-refractivity contribution in [1.29, 1.82) is 0 Å². The van der Waals surface area contributed by atoms with Crippen molar-refractivity contribution in [1.82, 2.24) is 9.80 Å². The summed E-state index contributed by atoms with van der Waals surface area (Å²) >= 11 is 0. The molecule has 0 spiro atoms. The van der Waals surface area contributed by atoms with Gasteiger partial charge in [-0.05, 0) is 36.3 Å². The van der Waals surface area contributed by atoms with Gasteiger partial charge in [0.15, 0.2) is 16.6 Å². The van der Waals surface area contributed by atoms with Gasteiger partial charge in [-0.25, -0.2) is 0 Å². The normalized spacial score (nSPS) is 40.7. The van der Waals surface area contributed by atoms with Crippen molar-refractivity contribution in [2.75, 3.05) is 13.2 Å². The van der Waals surface area contributed by atoms with Gasteiger partial charge in [0.1, 0.15) is 12.5 Å². The zero-order valence-electron chi connectivity index (χ0n) is 19.5. The van der Waals surface area contributed by atoms with Crippen LogP contribution in [0.15, 0.2) is 0 Å². The number of aliphatic hydroxyl groups excluding tert-OH is 2. The van der Waals surface area contributed by atoms with Gasteiger partial charge in [-0.3, -0.25) is 9.80 Å². The molecule has 0 radical (unpaired) electrons. The van der Waals surface area contributed by atoms with E-state index < -0.39 is 29.1 Å². The first kappa shape index (κ1) is 22.9. The summed E-state index contributed by atoms with van der Waals surface area (Å²) in [6.07, 6.45) is -1.07. The Bertz CT molecular complexity index is 530. The van der Waals surface area contributed by atoms with Crippen LogP contribution in [0.3, 0.4) is 0 Å². The number of rotatable bonds is 6. The van der Waals surface area contributed by atoms with Crippen LogP contribution in [0.2, 0.25) is 36.3 Å². The molecule has 2 N–H and O–H groups in total. The lowest BCUT2D eigenvalue weighted by molar-refractivity contribution is -0.0382. The topological polar surface area (TPSA) is 64.9 Å². The largest absolute Gasteiger partial charge is 0.415 e. The lowest BCUT2D eigenvalue weighted by Gasteiger charge is -2.36. The van der Waals surface area contributed by atoms with Gasteiger partial charge < -0.3 is 19.1 Å². The van der Waals surface area contributed by atoms with Gasteiger partial charge >= 0.3 is 0 Å². The smallest absolute Gasteiger partial charge is 0.192 e. The summed E-state index contributed by atoms with van der Waals surface area (Å²) < 4.78 is 12.7. The molecule has 0 aromatic heterocycles. The van der Waals surface area contributed by atoms with E-state index in [1.165, 1.54) is 0 Å². The van der Waals surface area contributed by atoms with Crippen LogP contribution in [0.25, 0.3) is 0 Å².